The predicted octanol–water partition coefficient (Wildman–Crippen LogP) is 0.700. The van der Waals surface area contributed by atoms with Crippen molar-refractivity contribution in [1.29, 1.82) is 0 Å². The monoisotopic (exact) mass is 117 g/mol. The average Bonchev–Trinajstić information content (AvgIpc) is 1.61. The summed E-state index contributed by atoms with van der Waals surface area (Å²) < 4.78 is 0. The third kappa shape index (κ3) is 5.92. The van der Waals surface area contributed by atoms with Crippen molar-refractivity contribution in [1.82, 2.24) is 0 Å². The molecule has 1 unspecified atom stereocenters. The van der Waals surface area contributed by atoms with Crippen LogP contribution >= 0.6 is 0 Å². The summed E-state index contributed by atoms with van der Waals surface area (Å²) in [7, 11) is 0. The molecule has 0 radical (unpaired) electrons. The van der Waals surface area contributed by atoms with E-state index in [-0.39, 0.29) is 0 Å². The predicted molar refractivity (Wildman–Crippen MR) is 34.3 cm³/mol. The average molecular weight is 117 g/mol. The molecule has 50 valence electrons. The number of nitrogens with two attached hydrogens (primary N) is 1. The molecule has 0 aromatic rings. The van der Waals surface area contributed by atoms with Crippen molar-refractivity contribution in [2.24, 2.45) is 11.7 Å². The minimum atomic E-state index is -0.614. The van der Waals surface area contributed by atoms with E-state index in [1.165, 1.54) is 0 Å². The molecule has 0 aliphatic heterocycles. The van der Waals surface area contributed by atoms with Gasteiger partial charge in [-0.05, 0) is 18.8 Å². The molecule has 0 saturated heterocycles. The van der Waals surface area contributed by atoms with Crippen molar-refractivity contribution in [2.75, 3.05) is 0 Å². The fourth-order valence-electron chi connectivity index (χ4n) is 0.504. The molecule has 2 heteroatoms. The van der Waals surface area contributed by atoms with E-state index in [1.54, 1.807) is 0 Å². The molecule has 0 amide bonds. The zero-order valence-electron chi connectivity index (χ0n) is 5.59. The van der Waals surface area contributed by atoms with Crippen LogP contribution in [0.4, 0.5) is 0 Å². The van der Waals surface area contributed by atoms with Crippen LogP contribution in [0.2, 0.25) is 0 Å². The van der Waals surface area contributed by atoms with Gasteiger partial charge in [0.05, 0.1) is 0 Å². The Kier molecular flexibility index (Phi) is 3.83. The van der Waals surface area contributed by atoms with Crippen molar-refractivity contribution in [3.05, 3.63) is 0 Å². The molecule has 0 fully saturated rings. The van der Waals surface area contributed by atoms with Crippen molar-refractivity contribution in [3.8, 4) is 0 Å². The number of hydrogen-bond donors (Lipinski definition) is 2. The molecular weight excluding hydrogens is 102 g/mol. The Labute approximate surface area is 50.7 Å². The summed E-state index contributed by atoms with van der Waals surface area (Å²) >= 11 is 0. The van der Waals surface area contributed by atoms with Gasteiger partial charge in [0.1, 0.15) is 6.23 Å². The number of rotatable bonds is 3. The van der Waals surface area contributed by atoms with Crippen molar-refractivity contribution >= 4 is 0 Å². The lowest BCUT2D eigenvalue weighted by molar-refractivity contribution is 0.164. The highest BCUT2D eigenvalue weighted by Crippen LogP contribution is 2.03. The van der Waals surface area contributed by atoms with Crippen molar-refractivity contribution < 1.29 is 5.11 Å². The van der Waals surface area contributed by atoms with Crippen LogP contribution in [0.1, 0.15) is 26.7 Å². The van der Waals surface area contributed by atoms with Gasteiger partial charge >= 0.3 is 0 Å². The fourth-order valence-corrected chi connectivity index (χ4v) is 0.504. The van der Waals surface area contributed by atoms with Crippen LogP contribution in [0.5, 0.6) is 0 Å². The van der Waals surface area contributed by atoms with Gasteiger partial charge in [-0.15, -0.1) is 0 Å². The second-order valence-corrected chi connectivity index (χ2v) is 2.54. The maximum atomic E-state index is 8.58. The fraction of sp³-hybridized carbons (Fsp3) is 1.00. The third-order valence-corrected chi connectivity index (χ3v) is 1.04. The first-order chi connectivity index (χ1) is 3.63. The first-order valence-corrected chi connectivity index (χ1v) is 3.06. The molecule has 0 spiro atoms. The molecule has 0 aliphatic carbocycles. The Morgan fingerprint density at radius 2 is 1.88 bits per heavy atom. The highest BCUT2D eigenvalue weighted by molar-refractivity contribution is 4.48. The number of hydrogen-bond acceptors (Lipinski definition) is 2. The zero-order chi connectivity index (χ0) is 6.57. The molecule has 0 rings (SSSR count). The van der Waals surface area contributed by atoms with Crippen LogP contribution < -0.4 is 5.73 Å². The first kappa shape index (κ1) is 7.92. The lowest BCUT2D eigenvalue weighted by atomic mass is 10.1. The summed E-state index contributed by atoms with van der Waals surface area (Å²) in [5, 5.41) is 8.58. The molecule has 3 N–H and O–H groups in total. The third-order valence-electron chi connectivity index (χ3n) is 1.04. The standard InChI is InChI=1S/C6H15NO/c1-5(2)3-4-6(7)8/h5-6,8H,3-4,7H2,1-2H3. The Morgan fingerprint density at radius 1 is 1.38 bits per heavy atom. The number of aliphatic hydroxyl groups is 1. The first-order valence-electron chi connectivity index (χ1n) is 3.06. The topological polar surface area (TPSA) is 46.2 Å². The zero-order valence-corrected chi connectivity index (χ0v) is 5.59. The molecule has 0 aromatic carbocycles. The maximum absolute atomic E-state index is 8.58. The number of aliphatic hydroxyl groups excluding tert-OH is 1. The van der Waals surface area contributed by atoms with Gasteiger partial charge in [-0.3, -0.25) is 0 Å². The highest BCUT2D eigenvalue weighted by atomic mass is 16.3. The Morgan fingerprint density at radius 3 is 2.00 bits per heavy atom. The van der Waals surface area contributed by atoms with E-state index in [0.717, 1.165) is 12.8 Å². The summed E-state index contributed by atoms with van der Waals surface area (Å²) in [5.74, 6) is 0.646. The molecule has 1 atom stereocenters. The molecule has 8 heavy (non-hydrogen) atoms. The van der Waals surface area contributed by atoms with E-state index in [4.69, 9.17) is 10.8 Å². The van der Waals surface area contributed by atoms with Crippen LogP contribution in [0, 0.1) is 5.92 Å². The summed E-state index contributed by atoms with van der Waals surface area (Å²) in [4.78, 5) is 0. The van der Waals surface area contributed by atoms with Crippen LogP contribution in [-0.2, 0) is 0 Å². The smallest absolute Gasteiger partial charge is 0.102 e. The largest absolute Gasteiger partial charge is 0.379 e. The molecule has 0 heterocycles. The van der Waals surface area contributed by atoms with Gasteiger partial charge in [0.25, 0.3) is 0 Å². The molecule has 2 nitrogen and oxygen atoms in total. The van der Waals surface area contributed by atoms with Crippen LogP contribution in [0.25, 0.3) is 0 Å². The van der Waals surface area contributed by atoms with Gasteiger partial charge in [0, 0.05) is 0 Å². The minimum absolute atomic E-state index is 0.614. The molecule has 0 aliphatic rings. The van der Waals surface area contributed by atoms with Crippen LogP contribution in [0.15, 0.2) is 0 Å². The Bertz CT molecular complexity index is 44.5. The Hall–Kier alpha value is -0.0800. The minimum Gasteiger partial charge on any atom is -0.379 e. The summed E-state index contributed by atoms with van der Waals surface area (Å²) in [5.41, 5.74) is 5.10. The van der Waals surface area contributed by atoms with Crippen LogP contribution in [-0.4, -0.2) is 11.3 Å². The Balaban J connectivity index is 2.93. The lowest BCUT2D eigenvalue weighted by Gasteiger charge is -2.05. The quantitative estimate of drug-likeness (QED) is 0.534. The van der Waals surface area contributed by atoms with E-state index in [2.05, 4.69) is 13.8 Å². The van der Waals surface area contributed by atoms with Crippen molar-refractivity contribution in [2.45, 2.75) is 32.9 Å². The normalized spacial score (nSPS) is 14.6. The second kappa shape index (κ2) is 3.87. The van der Waals surface area contributed by atoms with Gasteiger partial charge in [-0.1, -0.05) is 13.8 Å². The molecule has 0 bridgehead atoms. The van der Waals surface area contributed by atoms with Gasteiger partial charge in [-0.2, -0.15) is 0 Å². The van der Waals surface area contributed by atoms with Gasteiger partial charge in [0.2, 0.25) is 0 Å². The van der Waals surface area contributed by atoms with Gasteiger partial charge in [0.15, 0.2) is 0 Å². The highest BCUT2D eigenvalue weighted by Gasteiger charge is 1.97. The van der Waals surface area contributed by atoms with E-state index in [9.17, 15) is 0 Å². The summed E-state index contributed by atoms with van der Waals surface area (Å²) in [6.45, 7) is 4.23. The summed E-state index contributed by atoms with van der Waals surface area (Å²) in [6.07, 6.45) is 1.12. The van der Waals surface area contributed by atoms with Crippen molar-refractivity contribution in [3.63, 3.8) is 0 Å². The van der Waals surface area contributed by atoms with Gasteiger partial charge < -0.3 is 10.8 Å². The second-order valence-electron chi connectivity index (χ2n) is 2.54. The maximum Gasteiger partial charge on any atom is 0.102 e. The molecule has 0 saturated carbocycles. The summed E-state index contributed by atoms with van der Waals surface area (Å²) in [6, 6.07) is 0. The van der Waals surface area contributed by atoms with E-state index in [0.29, 0.717) is 5.92 Å². The molecular formula is C6H15NO. The van der Waals surface area contributed by atoms with E-state index >= 15 is 0 Å². The molecule has 0 aromatic heterocycles. The lowest BCUT2D eigenvalue weighted by Crippen LogP contribution is -2.18. The van der Waals surface area contributed by atoms with E-state index < -0.39 is 6.23 Å². The van der Waals surface area contributed by atoms with Gasteiger partial charge in [-0.25, -0.2) is 0 Å². The van der Waals surface area contributed by atoms with E-state index in [1.807, 2.05) is 0 Å². The SMILES string of the molecule is CC(C)CCC(N)O. The van der Waals surface area contributed by atoms with Crippen LogP contribution in [0.3, 0.4) is 0 Å².